The molecule has 0 saturated heterocycles. The van der Waals surface area contributed by atoms with Gasteiger partial charge in [-0.3, -0.25) is 9.80 Å². The predicted molar refractivity (Wildman–Crippen MR) is 153 cm³/mol. The Hall–Kier alpha value is -2.41. The van der Waals surface area contributed by atoms with E-state index in [9.17, 15) is 9.90 Å². The molecule has 0 radical (unpaired) electrons. The molecule has 1 saturated carbocycles. The van der Waals surface area contributed by atoms with Crippen LogP contribution in [0.25, 0.3) is 0 Å². The topological polar surface area (TPSA) is 117 Å². The molecule has 0 unspecified atom stereocenters. The number of thioether (sulfide) groups is 1. The number of benzene rings is 2. The summed E-state index contributed by atoms with van der Waals surface area (Å²) in [5.41, 5.74) is 2.35. The molecule has 0 aromatic heterocycles. The summed E-state index contributed by atoms with van der Waals surface area (Å²) in [5.74, 6) is 17.9. The zero-order chi connectivity index (χ0) is 26.9. The third kappa shape index (κ3) is 8.61. The van der Waals surface area contributed by atoms with E-state index in [0.717, 1.165) is 11.8 Å². The van der Waals surface area contributed by atoms with Crippen molar-refractivity contribution in [1.82, 2.24) is 0 Å². The molecule has 1 aliphatic rings. The van der Waals surface area contributed by atoms with E-state index < -0.39 is 5.41 Å². The fourth-order valence-corrected chi connectivity index (χ4v) is 4.10. The van der Waals surface area contributed by atoms with E-state index in [1.165, 1.54) is 23.4 Å². The van der Waals surface area contributed by atoms with E-state index in [0.29, 0.717) is 32.9 Å². The summed E-state index contributed by atoms with van der Waals surface area (Å²) >= 11 is 13.8. The van der Waals surface area contributed by atoms with Gasteiger partial charge in [0.2, 0.25) is 11.1 Å². The van der Waals surface area contributed by atoms with Gasteiger partial charge in [0.15, 0.2) is 0 Å². The fourth-order valence-electron chi connectivity index (χ4n) is 2.95. The first-order chi connectivity index (χ1) is 17.1. The number of nitrogens with two attached hydrogens (primary N) is 2. The van der Waals surface area contributed by atoms with Crippen molar-refractivity contribution in [3.05, 3.63) is 57.6 Å². The van der Waals surface area contributed by atoms with Gasteiger partial charge in [0.05, 0.1) is 33.8 Å². The number of aliphatic hydroxyl groups is 1. The first kappa shape index (κ1) is 29.8. The average molecular weight is 551 g/mol. The molecule has 2 aromatic rings. The molecule has 0 spiro atoms. The Labute approximate surface area is 227 Å². The van der Waals surface area contributed by atoms with Crippen LogP contribution in [0.5, 0.6) is 0 Å². The van der Waals surface area contributed by atoms with Crippen LogP contribution in [-0.4, -0.2) is 28.5 Å². The van der Waals surface area contributed by atoms with E-state index in [1.807, 2.05) is 45.9 Å². The second-order valence-electron chi connectivity index (χ2n) is 8.59. The number of amides is 1. The van der Waals surface area contributed by atoms with Gasteiger partial charge in [0.25, 0.3) is 0 Å². The van der Waals surface area contributed by atoms with Crippen LogP contribution >= 0.6 is 35.0 Å². The molecular weight excluding hydrogens is 517 g/mol. The van der Waals surface area contributed by atoms with Crippen LogP contribution < -0.4 is 22.0 Å². The molecule has 6 N–H and O–H groups in total. The van der Waals surface area contributed by atoms with E-state index >= 15 is 0 Å². The van der Waals surface area contributed by atoms with E-state index in [-0.39, 0.29) is 23.4 Å². The van der Waals surface area contributed by atoms with Crippen molar-refractivity contribution in [2.45, 2.75) is 46.5 Å². The zero-order valence-corrected chi connectivity index (χ0v) is 23.3. The van der Waals surface area contributed by atoms with Crippen LogP contribution in [0.2, 0.25) is 10.0 Å². The Kier molecular flexibility index (Phi) is 11.4. The Morgan fingerprint density at radius 1 is 1.22 bits per heavy atom. The molecule has 3 rings (SSSR count). The normalized spacial score (nSPS) is 13.2. The average Bonchev–Trinajstić information content (AvgIpc) is 3.71. The summed E-state index contributed by atoms with van der Waals surface area (Å²) in [7, 11) is 0. The van der Waals surface area contributed by atoms with Gasteiger partial charge in [-0.15, -0.1) is 0 Å². The minimum Gasteiger partial charge on any atom is -0.395 e. The number of carbonyl (C=O) groups excluding carboxylic acids is 1. The molecule has 0 aliphatic heterocycles. The number of aliphatic hydroxyl groups excluding tert-OH is 1. The van der Waals surface area contributed by atoms with Crippen molar-refractivity contribution in [1.29, 1.82) is 0 Å². The summed E-state index contributed by atoms with van der Waals surface area (Å²) < 4.78 is 0. The van der Waals surface area contributed by atoms with Gasteiger partial charge in [0.1, 0.15) is 0 Å². The SMILES string of the molecule is CC.CC(C)(C#Cc1ccc(NC(=O)CS/C(=N/N)N(N)c2ccc(C3CC3)cc2Cl)c(Cl)c1)CO. The van der Waals surface area contributed by atoms with Crippen LogP contribution in [0.15, 0.2) is 41.5 Å². The maximum atomic E-state index is 12.5. The van der Waals surface area contributed by atoms with Crippen LogP contribution in [-0.2, 0) is 4.79 Å². The molecule has 1 amide bonds. The highest BCUT2D eigenvalue weighted by atomic mass is 35.5. The number of hydrogen-bond donors (Lipinski definition) is 4. The molecule has 0 atom stereocenters. The zero-order valence-electron chi connectivity index (χ0n) is 20.9. The Bertz CT molecular complexity index is 1160. The lowest BCUT2D eigenvalue weighted by Gasteiger charge is -2.21. The summed E-state index contributed by atoms with van der Waals surface area (Å²) in [6, 6.07) is 10.8. The predicted octanol–water partition coefficient (Wildman–Crippen LogP) is 5.55. The molecule has 1 aliphatic carbocycles. The standard InChI is InChI=1S/C24H27Cl2N5O2S.C2H6/c1-24(2,14-32)10-9-15-3-7-20(18(25)11-15)29-22(33)13-34-23(30-27)31(28)21-8-6-17(12-19(21)26)16-4-5-16;1-2/h3,6-8,11-12,16,32H,4-5,13-14,27-28H2,1-2H3,(H,29,33);1-2H3/b30-23+;. The molecule has 0 bridgehead atoms. The highest BCUT2D eigenvalue weighted by Gasteiger charge is 2.25. The largest absolute Gasteiger partial charge is 0.395 e. The number of hydrogen-bond acceptors (Lipinski definition) is 6. The number of nitrogens with one attached hydrogen (secondary N) is 1. The monoisotopic (exact) mass is 549 g/mol. The van der Waals surface area contributed by atoms with Crippen LogP contribution in [0, 0.1) is 17.3 Å². The van der Waals surface area contributed by atoms with E-state index in [2.05, 4.69) is 22.3 Å². The first-order valence-corrected chi connectivity index (χ1v) is 13.4. The van der Waals surface area contributed by atoms with Crippen molar-refractivity contribution in [3.8, 4) is 11.8 Å². The number of halogens is 2. The lowest BCUT2D eigenvalue weighted by Crippen LogP contribution is -2.37. The molecule has 10 heteroatoms. The Morgan fingerprint density at radius 2 is 1.92 bits per heavy atom. The lowest BCUT2D eigenvalue weighted by molar-refractivity contribution is -0.113. The first-order valence-electron chi connectivity index (χ1n) is 11.6. The second kappa shape index (κ2) is 13.8. The molecule has 2 aromatic carbocycles. The summed E-state index contributed by atoms with van der Waals surface area (Å²) in [4.78, 5) is 12.5. The minimum absolute atomic E-state index is 0.00405. The highest BCUT2D eigenvalue weighted by molar-refractivity contribution is 8.14. The Balaban J connectivity index is 0.00000222. The van der Waals surface area contributed by atoms with Crippen LogP contribution in [0.3, 0.4) is 0 Å². The summed E-state index contributed by atoms with van der Waals surface area (Å²) in [6.07, 6.45) is 2.34. The second-order valence-corrected chi connectivity index (χ2v) is 10.3. The fraction of sp³-hybridized carbons (Fsp3) is 0.385. The van der Waals surface area contributed by atoms with Gasteiger partial charge >= 0.3 is 0 Å². The number of nitrogens with zero attached hydrogens (tertiary/aromatic N) is 2. The number of rotatable bonds is 6. The smallest absolute Gasteiger partial charge is 0.234 e. The molecule has 1 fully saturated rings. The number of carbonyl (C=O) groups is 1. The Morgan fingerprint density at radius 3 is 2.47 bits per heavy atom. The maximum Gasteiger partial charge on any atom is 0.234 e. The van der Waals surface area contributed by atoms with Gasteiger partial charge in [-0.05, 0) is 68.5 Å². The van der Waals surface area contributed by atoms with Gasteiger partial charge in [0, 0.05) is 11.0 Å². The number of hydrazine groups is 1. The quantitative estimate of drug-likeness (QED) is 0.123. The molecule has 194 valence electrons. The maximum absolute atomic E-state index is 12.5. The van der Waals surface area contributed by atoms with Crippen molar-refractivity contribution < 1.29 is 9.90 Å². The molecule has 36 heavy (non-hydrogen) atoms. The van der Waals surface area contributed by atoms with Crippen molar-refractivity contribution >= 4 is 57.4 Å². The number of hydrazone groups is 1. The van der Waals surface area contributed by atoms with E-state index in [4.69, 9.17) is 34.9 Å². The highest BCUT2D eigenvalue weighted by Crippen LogP contribution is 2.42. The minimum atomic E-state index is -0.515. The van der Waals surface area contributed by atoms with Gasteiger partial charge < -0.3 is 16.3 Å². The van der Waals surface area contributed by atoms with Crippen molar-refractivity contribution in [2.75, 3.05) is 22.7 Å². The van der Waals surface area contributed by atoms with E-state index in [1.54, 1.807) is 18.2 Å². The summed E-state index contributed by atoms with van der Waals surface area (Å²) in [6.45, 7) is 7.63. The van der Waals surface area contributed by atoms with Crippen LogP contribution in [0.1, 0.15) is 57.6 Å². The van der Waals surface area contributed by atoms with Crippen LogP contribution in [0.4, 0.5) is 11.4 Å². The van der Waals surface area contributed by atoms with Crippen molar-refractivity contribution in [2.24, 2.45) is 22.2 Å². The third-order valence-corrected chi connectivity index (χ3v) is 6.69. The van der Waals surface area contributed by atoms with Gasteiger partial charge in [-0.2, -0.15) is 5.10 Å². The van der Waals surface area contributed by atoms with Crippen molar-refractivity contribution in [3.63, 3.8) is 0 Å². The third-order valence-electron chi connectivity index (χ3n) is 5.11. The number of amidine groups is 1. The molecule has 0 heterocycles. The van der Waals surface area contributed by atoms with Gasteiger partial charge in [-0.25, -0.2) is 5.84 Å². The summed E-state index contributed by atoms with van der Waals surface area (Å²) in [5, 5.41) is 18.1. The molecular formula is C26H33Cl2N5O2S. The number of anilines is 2. The van der Waals surface area contributed by atoms with Gasteiger partial charge in [-0.1, -0.05) is 66.7 Å². The lowest BCUT2D eigenvalue weighted by atomic mass is 9.95. The molecule has 7 nitrogen and oxygen atoms in total.